The highest BCUT2D eigenvalue weighted by molar-refractivity contribution is 6.71. The topological polar surface area (TPSA) is 26.3 Å². The molecule has 0 aromatic rings. The highest BCUT2D eigenvalue weighted by Crippen LogP contribution is 2.38. The van der Waals surface area contributed by atoms with Crippen molar-refractivity contribution in [2.24, 2.45) is 11.8 Å². The lowest BCUT2D eigenvalue weighted by molar-refractivity contribution is -0.129. The predicted octanol–water partition coefficient (Wildman–Crippen LogP) is 7.42. The highest BCUT2D eigenvalue weighted by Gasteiger charge is 2.25. The molecule has 0 amide bonds. The summed E-state index contributed by atoms with van der Waals surface area (Å²) in [6.07, 6.45) is 24.2. The van der Waals surface area contributed by atoms with E-state index in [2.05, 4.69) is 13.0 Å². The Hall–Kier alpha value is -0.833. The Kier molecular flexibility index (Phi) is 11.9. The average molecular weight is 379 g/mol. The minimum atomic E-state index is -1.77. The van der Waals surface area contributed by atoms with Gasteiger partial charge < -0.3 is 4.43 Å². The smallest absolute Gasteiger partial charge is 0.317 e. The molecule has 0 unspecified atom stereocenters. The van der Waals surface area contributed by atoms with E-state index in [4.69, 9.17) is 4.43 Å². The first-order valence-corrected chi connectivity index (χ1v) is 14.4. The van der Waals surface area contributed by atoms with Crippen molar-refractivity contribution in [2.75, 3.05) is 0 Å². The van der Waals surface area contributed by atoms with Crippen LogP contribution in [0.5, 0.6) is 0 Å². The van der Waals surface area contributed by atoms with E-state index in [1.54, 1.807) is 6.08 Å². The van der Waals surface area contributed by atoms with Crippen molar-refractivity contribution in [1.29, 1.82) is 0 Å². The van der Waals surface area contributed by atoms with Gasteiger partial charge in [0.25, 0.3) is 0 Å². The fourth-order valence-corrected chi connectivity index (χ4v) is 4.69. The third-order valence-corrected chi connectivity index (χ3v) is 6.15. The fourth-order valence-electron chi connectivity index (χ4n) is 4.02. The van der Waals surface area contributed by atoms with E-state index in [1.807, 2.05) is 31.8 Å². The third-order valence-electron chi connectivity index (χ3n) is 5.34. The Balaban J connectivity index is 2.15. The van der Waals surface area contributed by atoms with E-state index >= 15 is 0 Å². The van der Waals surface area contributed by atoms with Gasteiger partial charge in [-0.2, -0.15) is 0 Å². The van der Waals surface area contributed by atoms with Crippen LogP contribution in [0.2, 0.25) is 19.6 Å². The van der Waals surface area contributed by atoms with Crippen LogP contribution < -0.4 is 0 Å². The lowest BCUT2D eigenvalue weighted by Crippen LogP contribution is -2.28. The van der Waals surface area contributed by atoms with Gasteiger partial charge in [-0.1, -0.05) is 89.4 Å². The van der Waals surface area contributed by atoms with Crippen molar-refractivity contribution >= 4 is 14.3 Å². The molecule has 1 fully saturated rings. The number of carbonyl (C=O) groups is 1. The molecule has 1 rings (SSSR count). The summed E-state index contributed by atoms with van der Waals surface area (Å²) in [6, 6.07) is 0. The summed E-state index contributed by atoms with van der Waals surface area (Å²) in [7, 11) is -1.77. The quantitative estimate of drug-likeness (QED) is 0.144. The average Bonchev–Trinajstić information content (AvgIpc) is 2.99. The van der Waals surface area contributed by atoms with E-state index in [9.17, 15) is 4.79 Å². The van der Waals surface area contributed by atoms with Crippen molar-refractivity contribution in [1.82, 2.24) is 0 Å². The van der Waals surface area contributed by atoms with Crippen molar-refractivity contribution in [3.63, 3.8) is 0 Å². The lowest BCUT2D eigenvalue weighted by atomic mass is 9.87. The van der Waals surface area contributed by atoms with Crippen LogP contribution in [-0.2, 0) is 9.22 Å². The molecule has 2 nitrogen and oxygen atoms in total. The van der Waals surface area contributed by atoms with Crippen LogP contribution in [0.3, 0.4) is 0 Å². The summed E-state index contributed by atoms with van der Waals surface area (Å²) >= 11 is 0. The van der Waals surface area contributed by atoms with Gasteiger partial charge in [-0.05, 0) is 44.3 Å². The minimum Gasteiger partial charge on any atom is -0.517 e. The first-order chi connectivity index (χ1) is 12.4. The minimum absolute atomic E-state index is 0.205. The summed E-state index contributed by atoms with van der Waals surface area (Å²) in [5.41, 5.74) is 0. The second-order valence-corrected chi connectivity index (χ2v) is 13.3. The second-order valence-electron chi connectivity index (χ2n) is 8.91. The molecule has 1 aliphatic rings. The second kappa shape index (κ2) is 13.4. The van der Waals surface area contributed by atoms with Crippen LogP contribution in [0, 0.1) is 11.8 Å². The maximum atomic E-state index is 11.6. The Morgan fingerprint density at radius 3 is 2.31 bits per heavy atom. The van der Waals surface area contributed by atoms with Crippen molar-refractivity contribution < 1.29 is 9.22 Å². The van der Waals surface area contributed by atoms with E-state index in [-0.39, 0.29) is 5.97 Å². The van der Waals surface area contributed by atoms with Gasteiger partial charge in [0.1, 0.15) is 0 Å². The van der Waals surface area contributed by atoms with Crippen molar-refractivity contribution in [2.45, 2.75) is 104 Å². The molecule has 0 heterocycles. The molecular formula is C23H42O2Si. The number of carbonyl (C=O) groups excluding carboxylic acids is 1. The normalized spacial score (nSPS) is 21.1. The van der Waals surface area contributed by atoms with Crippen molar-refractivity contribution in [3.8, 4) is 0 Å². The molecule has 26 heavy (non-hydrogen) atoms. The maximum Gasteiger partial charge on any atom is 0.317 e. The monoisotopic (exact) mass is 378 g/mol. The van der Waals surface area contributed by atoms with Crippen LogP contribution in [-0.4, -0.2) is 14.3 Å². The van der Waals surface area contributed by atoms with E-state index in [0.717, 1.165) is 18.3 Å². The number of allylic oxidation sites excluding steroid dienone is 3. The zero-order valence-electron chi connectivity index (χ0n) is 17.8. The fraction of sp³-hybridized carbons (Fsp3) is 0.783. The molecule has 0 radical (unpaired) electrons. The van der Waals surface area contributed by atoms with Crippen LogP contribution in [0.15, 0.2) is 24.3 Å². The number of rotatable bonds is 13. The SMILES string of the molecule is CCCCCCCC[C@H]1CCC[C@@H]1CC/C=C/C=C/C(=O)O[Si](C)(C)C. The van der Waals surface area contributed by atoms with Gasteiger partial charge in [-0.25, -0.2) is 4.79 Å². The summed E-state index contributed by atoms with van der Waals surface area (Å²) in [5, 5.41) is 0. The van der Waals surface area contributed by atoms with E-state index in [1.165, 1.54) is 70.6 Å². The van der Waals surface area contributed by atoms with E-state index in [0.29, 0.717) is 0 Å². The standard InChI is InChI=1S/C23H42O2Si/c1-5-6-7-8-9-12-16-21-18-15-19-22(21)17-13-10-11-14-20-23(24)25-26(2,3)4/h10-11,14,20-22H,5-9,12-13,15-19H2,1-4H3/b11-10+,20-14+/t21-,22-/m0/s1. The van der Waals surface area contributed by atoms with Gasteiger partial charge in [-0.15, -0.1) is 0 Å². The summed E-state index contributed by atoms with van der Waals surface area (Å²) < 4.78 is 5.39. The zero-order chi connectivity index (χ0) is 19.3. The van der Waals surface area contributed by atoms with Crippen molar-refractivity contribution in [3.05, 3.63) is 24.3 Å². The van der Waals surface area contributed by atoms with Crippen LogP contribution in [0.4, 0.5) is 0 Å². The molecule has 0 N–H and O–H groups in total. The van der Waals surface area contributed by atoms with Gasteiger partial charge >= 0.3 is 5.97 Å². The number of hydrogen-bond acceptors (Lipinski definition) is 2. The van der Waals surface area contributed by atoms with Crippen LogP contribution in [0.25, 0.3) is 0 Å². The summed E-state index contributed by atoms with van der Waals surface area (Å²) in [5.74, 6) is 1.69. The molecule has 0 bridgehead atoms. The van der Waals surface area contributed by atoms with E-state index < -0.39 is 8.32 Å². The first-order valence-electron chi connectivity index (χ1n) is 11.0. The number of hydrogen-bond donors (Lipinski definition) is 0. The molecule has 0 aromatic heterocycles. The molecule has 0 aromatic carbocycles. The molecular weight excluding hydrogens is 336 g/mol. The summed E-state index contributed by atoms with van der Waals surface area (Å²) in [6.45, 7) is 8.36. The first kappa shape index (κ1) is 23.2. The van der Waals surface area contributed by atoms with Crippen LogP contribution >= 0.6 is 0 Å². The molecule has 0 saturated heterocycles. The predicted molar refractivity (Wildman–Crippen MR) is 116 cm³/mol. The third kappa shape index (κ3) is 11.7. The molecule has 0 aliphatic heterocycles. The van der Waals surface area contributed by atoms with Gasteiger partial charge in [0.05, 0.1) is 0 Å². The summed E-state index contributed by atoms with van der Waals surface area (Å²) in [4.78, 5) is 11.6. The van der Waals surface area contributed by atoms with Crippen LogP contribution in [0.1, 0.15) is 84.0 Å². The van der Waals surface area contributed by atoms with Gasteiger partial charge in [0.15, 0.2) is 0 Å². The maximum absolute atomic E-state index is 11.6. The molecule has 1 aliphatic carbocycles. The van der Waals surface area contributed by atoms with Gasteiger partial charge in [-0.3, -0.25) is 0 Å². The molecule has 0 spiro atoms. The molecule has 1 saturated carbocycles. The highest BCUT2D eigenvalue weighted by atomic mass is 28.4. The lowest BCUT2D eigenvalue weighted by Gasteiger charge is -2.18. The Morgan fingerprint density at radius 2 is 1.62 bits per heavy atom. The Bertz CT molecular complexity index is 434. The molecule has 150 valence electrons. The zero-order valence-corrected chi connectivity index (χ0v) is 18.8. The largest absolute Gasteiger partial charge is 0.517 e. The molecule has 3 heteroatoms. The van der Waals surface area contributed by atoms with Gasteiger partial charge in [0.2, 0.25) is 8.32 Å². The Labute approximate surface area is 163 Å². The number of unbranched alkanes of at least 4 members (excludes halogenated alkanes) is 5. The molecule has 2 atom stereocenters. The van der Waals surface area contributed by atoms with Gasteiger partial charge in [0, 0.05) is 6.08 Å². The Morgan fingerprint density at radius 1 is 0.962 bits per heavy atom.